The number of nitrogens with zero attached hydrogens (tertiary/aromatic N) is 2. The van der Waals surface area contributed by atoms with Gasteiger partial charge in [-0.2, -0.15) is 5.26 Å². The van der Waals surface area contributed by atoms with Crippen molar-refractivity contribution in [1.82, 2.24) is 9.97 Å². The van der Waals surface area contributed by atoms with Crippen LogP contribution in [0.3, 0.4) is 0 Å². The average Bonchev–Trinajstić information content (AvgIpc) is 2.82. The largest absolute Gasteiger partial charge is 0.333 e. The van der Waals surface area contributed by atoms with Crippen LogP contribution >= 0.6 is 11.8 Å². The van der Waals surface area contributed by atoms with E-state index in [1.165, 1.54) is 17.8 Å². The summed E-state index contributed by atoms with van der Waals surface area (Å²) in [4.78, 5) is 8.01. The molecule has 0 spiro atoms. The smallest absolute Gasteiger partial charge is 0.171 e. The lowest BCUT2D eigenvalue weighted by molar-refractivity contribution is 0.601. The maximum absolute atomic E-state index is 13.8. The van der Waals surface area contributed by atoms with Gasteiger partial charge >= 0.3 is 0 Å². The van der Waals surface area contributed by atoms with Gasteiger partial charge in [0.1, 0.15) is 5.82 Å². The molecule has 98 valence electrons. The van der Waals surface area contributed by atoms with E-state index in [9.17, 15) is 4.39 Å². The molecule has 3 aromatic rings. The van der Waals surface area contributed by atoms with E-state index in [2.05, 4.69) is 9.97 Å². The molecule has 20 heavy (non-hydrogen) atoms. The first-order valence-corrected chi connectivity index (χ1v) is 6.81. The Morgan fingerprint density at radius 3 is 2.85 bits per heavy atom. The zero-order valence-corrected chi connectivity index (χ0v) is 11.5. The first-order valence-electron chi connectivity index (χ1n) is 5.99. The summed E-state index contributed by atoms with van der Waals surface area (Å²) in [6.07, 6.45) is 0. The molecule has 1 N–H and O–H groups in total. The highest BCUT2D eigenvalue weighted by atomic mass is 32.2. The number of hydrogen-bond acceptors (Lipinski definition) is 3. The Hall–Kier alpha value is -2.32. The monoisotopic (exact) mass is 283 g/mol. The fourth-order valence-electron chi connectivity index (χ4n) is 1.91. The molecule has 0 radical (unpaired) electrons. The molecule has 0 saturated carbocycles. The predicted octanol–water partition coefficient (Wildman–Crippen LogP) is 4.03. The van der Waals surface area contributed by atoms with Crippen molar-refractivity contribution in [2.24, 2.45) is 0 Å². The number of rotatable bonds is 2. The molecule has 0 unspecified atom stereocenters. The maximum atomic E-state index is 13.8. The van der Waals surface area contributed by atoms with Crippen LogP contribution in [0.2, 0.25) is 0 Å². The van der Waals surface area contributed by atoms with Crippen molar-refractivity contribution in [3.63, 3.8) is 0 Å². The lowest BCUT2D eigenvalue weighted by Gasteiger charge is -2.00. The fourth-order valence-corrected chi connectivity index (χ4v) is 2.71. The Balaban J connectivity index is 1.95. The van der Waals surface area contributed by atoms with E-state index in [1.54, 1.807) is 12.1 Å². The summed E-state index contributed by atoms with van der Waals surface area (Å²) >= 11 is 1.21. The van der Waals surface area contributed by atoms with Gasteiger partial charge in [0.2, 0.25) is 0 Å². The van der Waals surface area contributed by atoms with Crippen LogP contribution in [0.4, 0.5) is 4.39 Å². The summed E-state index contributed by atoms with van der Waals surface area (Å²) in [7, 11) is 0. The van der Waals surface area contributed by atoms with Crippen molar-refractivity contribution in [2.45, 2.75) is 17.0 Å². The molecule has 0 saturated heterocycles. The number of benzene rings is 2. The molecule has 0 fully saturated rings. The van der Waals surface area contributed by atoms with Gasteiger partial charge in [0.15, 0.2) is 5.16 Å². The van der Waals surface area contributed by atoms with E-state index in [-0.39, 0.29) is 0 Å². The van der Waals surface area contributed by atoms with Crippen molar-refractivity contribution >= 4 is 22.8 Å². The van der Waals surface area contributed by atoms with Crippen molar-refractivity contribution < 1.29 is 4.39 Å². The van der Waals surface area contributed by atoms with Crippen LogP contribution in [0, 0.1) is 24.1 Å². The predicted molar refractivity (Wildman–Crippen MR) is 76.1 cm³/mol. The summed E-state index contributed by atoms with van der Waals surface area (Å²) in [5.41, 5.74) is 3.24. The number of hydrogen-bond donors (Lipinski definition) is 1. The molecule has 2 aromatic carbocycles. The second-order valence-electron chi connectivity index (χ2n) is 4.42. The number of aryl methyl sites for hydroxylation is 1. The van der Waals surface area contributed by atoms with Crippen molar-refractivity contribution in [3.8, 4) is 6.07 Å². The SMILES string of the molecule is Cc1ccc2nc(Sc3ccc(C#N)cc3F)[nH]c2c1. The zero-order chi connectivity index (χ0) is 14.1. The third-order valence-electron chi connectivity index (χ3n) is 2.88. The van der Waals surface area contributed by atoms with Gasteiger partial charge in [0.25, 0.3) is 0 Å². The van der Waals surface area contributed by atoms with Crippen LogP contribution in [-0.2, 0) is 0 Å². The van der Waals surface area contributed by atoms with Gasteiger partial charge < -0.3 is 4.98 Å². The lowest BCUT2D eigenvalue weighted by atomic mass is 10.2. The molecule has 0 bridgehead atoms. The van der Waals surface area contributed by atoms with Crippen LogP contribution in [0.25, 0.3) is 11.0 Å². The van der Waals surface area contributed by atoms with Gasteiger partial charge in [0.05, 0.1) is 27.6 Å². The van der Waals surface area contributed by atoms with Crippen LogP contribution in [0.15, 0.2) is 46.5 Å². The number of aromatic amines is 1. The molecule has 0 amide bonds. The Labute approximate surface area is 119 Å². The normalized spacial score (nSPS) is 10.7. The maximum Gasteiger partial charge on any atom is 0.171 e. The number of halogens is 1. The van der Waals surface area contributed by atoms with Gasteiger partial charge in [0, 0.05) is 0 Å². The number of fused-ring (bicyclic) bond motifs is 1. The Morgan fingerprint density at radius 1 is 1.25 bits per heavy atom. The standard InChI is InChI=1S/C15H10FN3S/c1-9-2-4-12-13(6-9)19-15(18-12)20-14-5-3-10(8-17)7-11(14)16/h2-7H,1H3,(H,18,19). The molecule has 0 aliphatic heterocycles. The average molecular weight is 283 g/mol. The van der Waals surface area contributed by atoms with Crippen molar-refractivity contribution in [1.29, 1.82) is 5.26 Å². The number of aromatic nitrogens is 2. The molecule has 3 rings (SSSR count). The van der Waals surface area contributed by atoms with Crippen molar-refractivity contribution in [3.05, 3.63) is 53.3 Å². The zero-order valence-electron chi connectivity index (χ0n) is 10.6. The van der Waals surface area contributed by atoms with Gasteiger partial charge in [-0.15, -0.1) is 0 Å². The first-order chi connectivity index (χ1) is 9.65. The van der Waals surface area contributed by atoms with Gasteiger partial charge in [-0.05, 0) is 54.6 Å². The molecule has 3 nitrogen and oxygen atoms in total. The number of imidazole rings is 1. The molecular formula is C15H10FN3S. The highest BCUT2D eigenvalue weighted by molar-refractivity contribution is 7.99. The number of H-pyrrole nitrogens is 1. The third kappa shape index (κ3) is 2.38. The second kappa shape index (κ2) is 4.99. The van der Waals surface area contributed by atoms with E-state index in [1.807, 2.05) is 31.2 Å². The van der Waals surface area contributed by atoms with Gasteiger partial charge in [-0.25, -0.2) is 9.37 Å². The van der Waals surface area contributed by atoms with E-state index in [0.717, 1.165) is 16.6 Å². The third-order valence-corrected chi connectivity index (χ3v) is 3.82. The van der Waals surface area contributed by atoms with E-state index >= 15 is 0 Å². The van der Waals surface area contributed by atoms with Crippen LogP contribution in [0.1, 0.15) is 11.1 Å². The highest BCUT2D eigenvalue weighted by Gasteiger charge is 2.09. The Kier molecular flexibility index (Phi) is 3.17. The quantitative estimate of drug-likeness (QED) is 0.772. The second-order valence-corrected chi connectivity index (χ2v) is 5.45. The summed E-state index contributed by atoms with van der Waals surface area (Å²) in [5.74, 6) is -0.411. The lowest BCUT2D eigenvalue weighted by Crippen LogP contribution is -1.84. The molecule has 1 aromatic heterocycles. The topological polar surface area (TPSA) is 52.5 Å². The molecule has 5 heteroatoms. The van der Waals surface area contributed by atoms with E-state index < -0.39 is 5.82 Å². The fraction of sp³-hybridized carbons (Fsp3) is 0.0667. The minimum atomic E-state index is -0.411. The van der Waals surface area contributed by atoms with E-state index in [4.69, 9.17) is 5.26 Å². The number of nitrogens with one attached hydrogen (secondary N) is 1. The van der Waals surface area contributed by atoms with Crippen LogP contribution in [0.5, 0.6) is 0 Å². The van der Waals surface area contributed by atoms with Crippen LogP contribution < -0.4 is 0 Å². The summed E-state index contributed by atoms with van der Waals surface area (Å²) in [6, 6.07) is 12.3. The molecule has 1 heterocycles. The minimum Gasteiger partial charge on any atom is -0.333 e. The first kappa shape index (κ1) is 12.7. The molecular weight excluding hydrogens is 273 g/mol. The van der Waals surface area contributed by atoms with Crippen LogP contribution in [-0.4, -0.2) is 9.97 Å². The number of nitriles is 1. The molecule has 0 aliphatic rings. The summed E-state index contributed by atoms with van der Waals surface area (Å²) in [5, 5.41) is 9.36. The molecule has 0 atom stereocenters. The van der Waals surface area contributed by atoms with Crippen molar-refractivity contribution in [2.75, 3.05) is 0 Å². The van der Waals surface area contributed by atoms with Gasteiger partial charge in [-0.1, -0.05) is 6.07 Å². The van der Waals surface area contributed by atoms with E-state index in [0.29, 0.717) is 15.6 Å². The Morgan fingerprint density at radius 2 is 2.10 bits per heavy atom. The Bertz CT molecular complexity index is 833. The van der Waals surface area contributed by atoms with Gasteiger partial charge in [-0.3, -0.25) is 0 Å². The summed E-state index contributed by atoms with van der Waals surface area (Å²) in [6.45, 7) is 2.01. The molecule has 0 aliphatic carbocycles. The summed E-state index contributed by atoms with van der Waals surface area (Å²) < 4.78 is 13.8. The highest BCUT2D eigenvalue weighted by Crippen LogP contribution is 2.29. The minimum absolute atomic E-state index is 0.312.